The van der Waals surface area contributed by atoms with Crippen LogP contribution in [0.5, 0.6) is 0 Å². The van der Waals surface area contributed by atoms with Crippen molar-refractivity contribution >= 4 is 21.7 Å². The van der Waals surface area contributed by atoms with E-state index in [1.165, 1.54) is 11.1 Å². The lowest BCUT2D eigenvalue weighted by atomic mass is 10.1. The van der Waals surface area contributed by atoms with E-state index >= 15 is 0 Å². The normalized spacial score (nSPS) is 20.5. The summed E-state index contributed by atoms with van der Waals surface area (Å²) in [5.41, 5.74) is 3.80. The molecule has 3 atom stereocenters. The summed E-state index contributed by atoms with van der Waals surface area (Å²) in [6.07, 6.45) is 5.56. The fraction of sp³-hybridized carbons (Fsp3) is 0.400. The fourth-order valence-electron chi connectivity index (χ4n) is 5.07. The monoisotopic (exact) mass is 561 g/mol. The second-order valence-electron chi connectivity index (χ2n) is 10.6. The number of carbonyl (C=O) groups excluding carboxylic acids is 2. The molecule has 2 aromatic carbocycles. The molecule has 2 amide bonds. The van der Waals surface area contributed by atoms with E-state index in [0.717, 1.165) is 18.5 Å². The summed E-state index contributed by atoms with van der Waals surface area (Å²) in [7, 11) is -3.12. The van der Waals surface area contributed by atoms with Gasteiger partial charge in [-0.15, -0.1) is 0 Å². The lowest BCUT2D eigenvalue weighted by molar-refractivity contribution is -0.133. The average Bonchev–Trinajstić information content (AvgIpc) is 3.74. The molecule has 3 aromatic rings. The molecule has 2 aliphatic rings. The van der Waals surface area contributed by atoms with Gasteiger partial charge in [-0.05, 0) is 56.5 Å². The first kappa shape index (κ1) is 27.9. The molecule has 1 saturated heterocycles. The third kappa shape index (κ3) is 7.11. The molecule has 2 fully saturated rings. The van der Waals surface area contributed by atoms with Crippen molar-refractivity contribution < 1.29 is 18.0 Å². The molecular weight excluding hydrogens is 526 g/mol. The van der Waals surface area contributed by atoms with Gasteiger partial charge in [0.05, 0.1) is 11.5 Å². The van der Waals surface area contributed by atoms with Crippen molar-refractivity contribution in [3.8, 4) is 11.4 Å². The first-order valence-electron chi connectivity index (χ1n) is 13.8. The number of nitrogens with zero attached hydrogens (tertiary/aromatic N) is 3. The molecule has 5 rings (SSSR count). The Hall–Kier alpha value is -3.63. The van der Waals surface area contributed by atoms with E-state index in [1.54, 1.807) is 47.6 Å². The summed E-state index contributed by atoms with van der Waals surface area (Å²) in [4.78, 5) is 36.6. The number of nitrogens with one attached hydrogen (secondary N) is 2. The number of amides is 2. The molecule has 1 aromatic heterocycles. The Morgan fingerprint density at radius 2 is 1.68 bits per heavy atom. The summed E-state index contributed by atoms with van der Waals surface area (Å²) in [6, 6.07) is 17.0. The van der Waals surface area contributed by atoms with Crippen molar-refractivity contribution in [3.05, 3.63) is 83.7 Å². The van der Waals surface area contributed by atoms with E-state index in [1.807, 2.05) is 0 Å². The van der Waals surface area contributed by atoms with Crippen LogP contribution in [0.15, 0.2) is 67.0 Å². The average molecular weight is 562 g/mol. The first-order valence-corrected chi connectivity index (χ1v) is 15.6. The molecule has 0 radical (unpaired) electrons. The van der Waals surface area contributed by atoms with Crippen molar-refractivity contribution in [2.24, 2.45) is 0 Å². The minimum absolute atomic E-state index is 0.0495. The minimum Gasteiger partial charge on any atom is -0.340 e. The predicted octanol–water partition coefficient (Wildman–Crippen LogP) is 2.73. The second-order valence-corrected chi connectivity index (χ2v) is 12.9. The molecule has 1 aliphatic carbocycles. The highest BCUT2D eigenvalue weighted by Gasteiger charge is 2.37. The molecule has 0 bridgehead atoms. The number of rotatable bonds is 10. The smallest absolute Gasteiger partial charge is 0.251 e. The lowest BCUT2D eigenvalue weighted by Gasteiger charge is -2.30. The van der Waals surface area contributed by atoms with Crippen LogP contribution in [-0.4, -0.2) is 78.3 Å². The fourth-order valence-corrected chi connectivity index (χ4v) is 6.27. The SMILES string of the molecule is Cc1ccc([C@@H]2C[C@H]2NCCC[C@H](NC(=O)c2ccc(-c3ncccn3)cc2)C(=O)N2CCS(=O)(=O)CC2)cc1. The highest BCUT2D eigenvalue weighted by atomic mass is 32.2. The van der Waals surface area contributed by atoms with Crippen molar-refractivity contribution in [1.29, 1.82) is 0 Å². The van der Waals surface area contributed by atoms with Crippen molar-refractivity contribution in [1.82, 2.24) is 25.5 Å². The molecule has 40 heavy (non-hydrogen) atoms. The Morgan fingerprint density at radius 3 is 2.35 bits per heavy atom. The maximum Gasteiger partial charge on any atom is 0.251 e. The summed E-state index contributed by atoms with van der Waals surface area (Å²) in [6.45, 7) is 3.11. The zero-order chi connectivity index (χ0) is 28.1. The van der Waals surface area contributed by atoms with E-state index in [2.05, 4.69) is 51.8 Å². The lowest BCUT2D eigenvalue weighted by Crippen LogP contribution is -2.53. The van der Waals surface area contributed by atoms with Gasteiger partial charge in [0.1, 0.15) is 6.04 Å². The van der Waals surface area contributed by atoms with Gasteiger partial charge in [-0.2, -0.15) is 0 Å². The van der Waals surface area contributed by atoms with Crippen LogP contribution in [0.25, 0.3) is 11.4 Å². The summed E-state index contributed by atoms with van der Waals surface area (Å²) in [5, 5.41) is 6.50. The van der Waals surface area contributed by atoms with Gasteiger partial charge in [0, 0.05) is 48.6 Å². The molecule has 0 spiro atoms. The van der Waals surface area contributed by atoms with Crippen LogP contribution in [-0.2, 0) is 14.6 Å². The Bertz CT molecular complexity index is 1420. The highest BCUT2D eigenvalue weighted by Crippen LogP contribution is 2.40. The zero-order valence-electron chi connectivity index (χ0n) is 22.6. The third-order valence-corrected chi connectivity index (χ3v) is 9.21. The summed E-state index contributed by atoms with van der Waals surface area (Å²) >= 11 is 0. The molecule has 10 heteroatoms. The maximum atomic E-state index is 13.4. The Labute approximate surface area is 235 Å². The largest absolute Gasteiger partial charge is 0.340 e. The number of hydrogen-bond acceptors (Lipinski definition) is 7. The van der Waals surface area contributed by atoms with Gasteiger partial charge in [0.2, 0.25) is 5.91 Å². The highest BCUT2D eigenvalue weighted by molar-refractivity contribution is 7.91. The van der Waals surface area contributed by atoms with Crippen molar-refractivity contribution in [2.75, 3.05) is 31.1 Å². The topological polar surface area (TPSA) is 121 Å². The molecular formula is C30H35N5O4S. The van der Waals surface area contributed by atoms with Crippen LogP contribution >= 0.6 is 0 Å². The van der Waals surface area contributed by atoms with E-state index < -0.39 is 15.9 Å². The van der Waals surface area contributed by atoms with Gasteiger partial charge in [0.15, 0.2) is 15.7 Å². The van der Waals surface area contributed by atoms with Gasteiger partial charge in [0.25, 0.3) is 5.91 Å². The maximum absolute atomic E-state index is 13.4. The van der Waals surface area contributed by atoms with Crippen LogP contribution in [0.4, 0.5) is 0 Å². The van der Waals surface area contributed by atoms with Gasteiger partial charge >= 0.3 is 0 Å². The molecule has 210 valence electrons. The van der Waals surface area contributed by atoms with Crippen LogP contribution < -0.4 is 10.6 Å². The summed E-state index contributed by atoms with van der Waals surface area (Å²) in [5.74, 6) is 0.394. The minimum atomic E-state index is -3.12. The Kier molecular flexibility index (Phi) is 8.56. The third-order valence-electron chi connectivity index (χ3n) is 7.60. The number of aryl methyl sites for hydroxylation is 1. The van der Waals surface area contributed by atoms with E-state index in [4.69, 9.17) is 0 Å². The number of hydrogen-bond donors (Lipinski definition) is 2. The predicted molar refractivity (Wildman–Crippen MR) is 154 cm³/mol. The molecule has 2 heterocycles. The number of carbonyl (C=O) groups is 2. The van der Waals surface area contributed by atoms with Gasteiger partial charge < -0.3 is 15.5 Å². The first-order chi connectivity index (χ1) is 19.3. The molecule has 1 saturated carbocycles. The van der Waals surface area contributed by atoms with E-state index in [9.17, 15) is 18.0 Å². The van der Waals surface area contributed by atoms with Crippen LogP contribution in [0.2, 0.25) is 0 Å². The molecule has 2 N–H and O–H groups in total. The number of sulfone groups is 1. The Morgan fingerprint density at radius 1 is 1.00 bits per heavy atom. The van der Waals surface area contributed by atoms with Gasteiger partial charge in [-0.3, -0.25) is 9.59 Å². The van der Waals surface area contributed by atoms with Crippen LogP contribution in [0, 0.1) is 6.92 Å². The van der Waals surface area contributed by atoms with Crippen molar-refractivity contribution in [2.45, 2.75) is 44.2 Å². The number of benzene rings is 2. The van der Waals surface area contributed by atoms with E-state index in [0.29, 0.717) is 36.2 Å². The van der Waals surface area contributed by atoms with Gasteiger partial charge in [-0.1, -0.05) is 42.0 Å². The molecule has 0 unspecified atom stereocenters. The molecule has 1 aliphatic heterocycles. The zero-order valence-corrected chi connectivity index (χ0v) is 23.4. The Balaban J connectivity index is 1.18. The number of aromatic nitrogens is 2. The van der Waals surface area contributed by atoms with E-state index in [-0.39, 0.29) is 36.4 Å². The molecule has 9 nitrogen and oxygen atoms in total. The standard InChI is InChI=1S/C30H35N5O4S/c1-21-5-7-22(8-6-21)25-20-27(25)31-13-2-4-26(30(37)35-16-18-40(38,39)19-17-35)34-29(36)24-11-9-23(10-12-24)28-32-14-3-15-33-28/h3,5-12,14-15,25-27,31H,2,4,13,16-20H2,1H3,(H,34,36)/t25-,26-,27+/m0/s1. The van der Waals surface area contributed by atoms with Crippen LogP contribution in [0.1, 0.15) is 46.7 Å². The summed E-state index contributed by atoms with van der Waals surface area (Å²) < 4.78 is 23.8. The second kappa shape index (κ2) is 12.3. The quantitative estimate of drug-likeness (QED) is 0.365. The van der Waals surface area contributed by atoms with Gasteiger partial charge in [-0.25, -0.2) is 18.4 Å². The van der Waals surface area contributed by atoms with Crippen LogP contribution in [0.3, 0.4) is 0 Å². The van der Waals surface area contributed by atoms with Crippen molar-refractivity contribution in [3.63, 3.8) is 0 Å².